The van der Waals surface area contributed by atoms with Gasteiger partial charge in [0.25, 0.3) is 0 Å². The van der Waals surface area contributed by atoms with Crippen LogP contribution in [0.25, 0.3) is 22.5 Å². The molecular formula is C26H24N4O2. The molecular weight excluding hydrogens is 400 g/mol. The lowest BCUT2D eigenvalue weighted by Gasteiger charge is -2.15. The number of nitrogens with zero attached hydrogens (tertiary/aromatic N) is 4. The average molecular weight is 425 g/mol. The van der Waals surface area contributed by atoms with Crippen molar-refractivity contribution in [2.75, 3.05) is 0 Å². The van der Waals surface area contributed by atoms with E-state index in [0.717, 1.165) is 53.9 Å². The molecule has 0 radical (unpaired) electrons. The fourth-order valence-electron chi connectivity index (χ4n) is 4.83. The van der Waals surface area contributed by atoms with Gasteiger partial charge in [0.15, 0.2) is 0 Å². The Morgan fingerprint density at radius 2 is 1.53 bits per heavy atom. The largest absolute Gasteiger partial charge is 0.478 e. The maximum absolute atomic E-state index is 11.7. The Bertz CT molecular complexity index is 1330. The number of benzene rings is 2. The van der Waals surface area contributed by atoms with Crippen LogP contribution < -0.4 is 0 Å². The lowest BCUT2D eigenvalue weighted by molar-refractivity contribution is 0.0695. The summed E-state index contributed by atoms with van der Waals surface area (Å²) in [4.78, 5) is 11.7. The first kappa shape index (κ1) is 19.0. The molecule has 2 aliphatic rings. The van der Waals surface area contributed by atoms with Crippen molar-refractivity contribution in [3.63, 3.8) is 0 Å². The van der Waals surface area contributed by atoms with Crippen LogP contribution in [0.4, 0.5) is 0 Å². The molecule has 6 rings (SSSR count). The molecule has 6 heteroatoms. The van der Waals surface area contributed by atoms with E-state index >= 15 is 0 Å². The number of aromatic nitrogens is 4. The van der Waals surface area contributed by atoms with Crippen molar-refractivity contribution in [2.24, 2.45) is 0 Å². The van der Waals surface area contributed by atoms with Gasteiger partial charge >= 0.3 is 5.97 Å². The molecule has 160 valence electrons. The van der Waals surface area contributed by atoms with Gasteiger partial charge in [-0.1, -0.05) is 24.3 Å². The molecule has 6 nitrogen and oxygen atoms in total. The summed E-state index contributed by atoms with van der Waals surface area (Å²) in [7, 11) is 0. The predicted molar refractivity (Wildman–Crippen MR) is 122 cm³/mol. The van der Waals surface area contributed by atoms with E-state index in [1.807, 2.05) is 18.3 Å². The van der Waals surface area contributed by atoms with Crippen LogP contribution in [0.15, 0.2) is 60.9 Å². The SMILES string of the molecule is O=C(O)c1cnn(-c2cccc(-c3cccc(-n4ncc5c4CCCC5)c3)c2)c1C1CC1. The Hall–Kier alpha value is -3.67. The fourth-order valence-corrected chi connectivity index (χ4v) is 4.83. The quantitative estimate of drug-likeness (QED) is 0.479. The highest BCUT2D eigenvalue weighted by molar-refractivity contribution is 5.89. The highest BCUT2D eigenvalue weighted by Crippen LogP contribution is 2.42. The first-order chi connectivity index (χ1) is 15.7. The molecule has 0 unspecified atom stereocenters. The number of fused-ring (bicyclic) bond motifs is 1. The number of carboxylic acid groups (broad SMARTS) is 1. The lowest BCUT2D eigenvalue weighted by Crippen LogP contribution is -2.07. The van der Waals surface area contributed by atoms with E-state index < -0.39 is 5.97 Å². The topological polar surface area (TPSA) is 72.9 Å². The molecule has 1 saturated carbocycles. The van der Waals surface area contributed by atoms with E-state index in [1.54, 1.807) is 4.68 Å². The van der Waals surface area contributed by atoms with Crippen molar-refractivity contribution in [2.45, 2.75) is 44.4 Å². The van der Waals surface area contributed by atoms with Crippen molar-refractivity contribution >= 4 is 5.97 Å². The Morgan fingerprint density at radius 3 is 2.22 bits per heavy atom. The zero-order chi connectivity index (χ0) is 21.7. The summed E-state index contributed by atoms with van der Waals surface area (Å²) in [6.45, 7) is 0. The maximum atomic E-state index is 11.7. The van der Waals surface area contributed by atoms with Gasteiger partial charge in [0, 0.05) is 11.6 Å². The van der Waals surface area contributed by atoms with Crippen LogP contribution in [0.3, 0.4) is 0 Å². The third kappa shape index (κ3) is 3.23. The average Bonchev–Trinajstić information content (AvgIpc) is 3.41. The number of aryl methyl sites for hydroxylation is 1. The van der Waals surface area contributed by atoms with Gasteiger partial charge in [0.05, 0.1) is 29.5 Å². The summed E-state index contributed by atoms with van der Waals surface area (Å²) in [6, 6.07) is 16.6. The normalized spacial score (nSPS) is 15.5. The summed E-state index contributed by atoms with van der Waals surface area (Å²) < 4.78 is 3.89. The molecule has 2 heterocycles. The van der Waals surface area contributed by atoms with Crippen molar-refractivity contribution in [3.8, 4) is 22.5 Å². The summed E-state index contributed by atoms with van der Waals surface area (Å²) in [5.41, 5.74) is 7.94. The zero-order valence-electron chi connectivity index (χ0n) is 17.7. The maximum Gasteiger partial charge on any atom is 0.339 e. The molecule has 0 spiro atoms. The monoisotopic (exact) mass is 424 g/mol. The third-order valence-corrected chi connectivity index (χ3v) is 6.58. The van der Waals surface area contributed by atoms with Gasteiger partial charge in [-0.15, -0.1) is 0 Å². The number of carbonyl (C=O) groups is 1. The molecule has 1 N–H and O–H groups in total. The number of carboxylic acids is 1. The fraction of sp³-hybridized carbons (Fsp3) is 0.269. The highest BCUT2D eigenvalue weighted by Gasteiger charge is 2.32. The van der Waals surface area contributed by atoms with Crippen molar-refractivity contribution < 1.29 is 9.90 Å². The first-order valence-electron chi connectivity index (χ1n) is 11.3. The van der Waals surface area contributed by atoms with Crippen LogP contribution in [0.2, 0.25) is 0 Å². The van der Waals surface area contributed by atoms with Gasteiger partial charge in [0.2, 0.25) is 0 Å². The van der Waals surface area contributed by atoms with Crippen molar-refractivity contribution in [3.05, 3.63) is 83.4 Å². The Kier molecular flexibility index (Phi) is 4.45. The lowest BCUT2D eigenvalue weighted by atomic mass is 9.98. The highest BCUT2D eigenvalue weighted by atomic mass is 16.4. The second-order valence-electron chi connectivity index (χ2n) is 8.77. The number of hydrogen-bond acceptors (Lipinski definition) is 3. The second kappa shape index (κ2) is 7.48. The number of aromatic carboxylic acids is 1. The number of hydrogen-bond donors (Lipinski definition) is 1. The van der Waals surface area contributed by atoms with E-state index in [2.05, 4.69) is 51.3 Å². The Morgan fingerprint density at radius 1 is 0.875 bits per heavy atom. The van der Waals surface area contributed by atoms with E-state index in [-0.39, 0.29) is 5.92 Å². The zero-order valence-corrected chi connectivity index (χ0v) is 17.7. The van der Waals surface area contributed by atoms with Crippen molar-refractivity contribution in [1.82, 2.24) is 19.6 Å². The Labute approximate surface area is 186 Å². The molecule has 0 saturated heterocycles. The molecule has 2 aliphatic carbocycles. The summed E-state index contributed by atoms with van der Waals surface area (Å²) in [5.74, 6) is -0.633. The van der Waals surface area contributed by atoms with Crippen LogP contribution in [-0.4, -0.2) is 30.6 Å². The smallest absolute Gasteiger partial charge is 0.339 e. The van der Waals surface area contributed by atoms with Crippen LogP contribution in [0.5, 0.6) is 0 Å². The minimum absolute atomic E-state index is 0.279. The van der Waals surface area contributed by atoms with Gasteiger partial charge in [0.1, 0.15) is 5.56 Å². The first-order valence-corrected chi connectivity index (χ1v) is 11.3. The molecule has 2 aromatic heterocycles. The van der Waals surface area contributed by atoms with Gasteiger partial charge < -0.3 is 5.11 Å². The molecule has 0 amide bonds. The summed E-state index contributed by atoms with van der Waals surface area (Å²) in [6.07, 6.45) is 10.2. The van der Waals surface area contributed by atoms with E-state index in [1.165, 1.54) is 30.3 Å². The minimum atomic E-state index is -0.912. The molecule has 0 aliphatic heterocycles. The summed E-state index contributed by atoms with van der Waals surface area (Å²) >= 11 is 0. The predicted octanol–water partition coefficient (Wildman–Crippen LogP) is 5.18. The van der Waals surface area contributed by atoms with Gasteiger partial charge in [-0.3, -0.25) is 0 Å². The molecule has 0 bridgehead atoms. The van der Waals surface area contributed by atoms with Gasteiger partial charge in [-0.05, 0) is 79.5 Å². The number of rotatable bonds is 5. The van der Waals surface area contributed by atoms with Gasteiger partial charge in [-0.2, -0.15) is 10.2 Å². The van der Waals surface area contributed by atoms with Crippen LogP contribution in [-0.2, 0) is 12.8 Å². The standard InChI is InChI=1S/C26H24N4O2/c31-26(32)23-16-28-30(25(23)17-11-12-17)22-9-4-7-19(14-22)18-6-3-8-21(13-18)29-24-10-2-1-5-20(24)15-27-29/h3-4,6-9,13-17H,1-2,5,10-12H2,(H,31,32). The second-order valence-corrected chi connectivity index (χ2v) is 8.77. The molecule has 2 aromatic carbocycles. The molecule has 1 fully saturated rings. The van der Waals surface area contributed by atoms with E-state index in [4.69, 9.17) is 0 Å². The minimum Gasteiger partial charge on any atom is -0.478 e. The van der Waals surface area contributed by atoms with Crippen LogP contribution in [0, 0.1) is 0 Å². The van der Waals surface area contributed by atoms with E-state index in [0.29, 0.717) is 5.56 Å². The third-order valence-electron chi connectivity index (χ3n) is 6.58. The molecule has 0 atom stereocenters. The molecule has 32 heavy (non-hydrogen) atoms. The summed E-state index contributed by atoms with van der Waals surface area (Å²) in [5, 5.41) is 18.7. The van der Waals surface area contributed by atoms with Gasteiger partial charge in [-0.25, -0.2) is 14.2 Å². The Balaban J connectivity index is 1.39. The van der Waals surface area contributed by atoms with Crippen molar-refractivity contribution in [1.29, 1.82) is 0 Å². The van der Waals surface area contributed by atoms with Crippen LogP contribution >= 0.6 is 0 Å². The van der Waals surface area contributed by atoms with E-state index in [9.17, 15) is 9.90 Å². The van der Waals surface area contributed by atoms with Crippen LogP contribution in [0.1, 0.15) is 58.9 Å². The molecule has 4 aromatic rings.